The van der Waals surface area contributed by atoms with Crippen molar-refractivity contribution in [3.05, 3.63) is 63.3 Å². The third-order valence-corrected chi connectivity index (χ3v) is 3.77. The zero-order valence-corrected chi connectivity index (χ0v) is 12.9. The third kappa shape index (κ3) is 4.55. The molecule has 1 aromatic heterocycles. The van der Waals surface area contributed by atoms with Crippen LogP contribution in [-0.4, -0.2) is 17.9 Å². The van der Waals surface area contributed by atoms with Crippen molar-refractivity contribution in [3.8, 4) is 0 Å². The van der Waals surface area contributed by atoms with E-state index in [4.69, 9.17) is 16.3 Å². The maximum atomic E-state index is 12.1. The highest BCUT2D eigenvalue weighted by Gasteiger charge is 2.18. The van der Waals surface area contributed by atoms with Gasteiger partial charge in [-0.2, -0.15) is 0 Å². The van der Waals surface area contributed by atoms with Crippen molar-refractivity contribution in [2.24, 2.45) is 0 Å². The molecule has 108 valence electrons. The van der Waals surface area contributed by atoms with E-state index in [-0.39, 0.29) is 5.78 Å². The maximum Gasteiger partial charge on any atom is 0.331 e. The van der Waals surface area contributed by atoms with Crippen LogP contribution in [0.15, 0.2) is 47.9 Å². The molecule has 0 aliphatic rings. The molecule has 0 amide bonds. The van der Waals surface area contributed by atoms with Crippen molar-refractivity contribution < 1.29 is 14.3 Å². The van der Waals surface area contributed by atoms with Gasteiger partial charge in [-0.05, 0) is 36.6 Å². The number of carbonyl (C=O) groups is 2. The largest absolute Gasteiger partial charge is 0.451 e. The molecule has 0 bridgehead atoms. The Bertz CT molecular complexity index is 662. The van der Waals surface area contributed by atoms with Gasteiger partial charge in [0.15, 0.2) is 6.10 Å². The number of Topliss-reactive ketones (excluding diaryl/α,β-unsaturated/α-hetero) is 1. The van der Waals surface area contributed by atoms with Crippen LogP contribution in [0.2, 0.25) is 5.02 Å². The molecule has 1 heterocycles. The molecule has 2 aromatic rings. The Morgan fingerprint density at radius 3 is 2.76 bits per heavy atom. The van der Waals surface area contributed by atoms with Crippen LogP contribution in [0.1, 0.15) is 22.2 Å². The Hall–Kier alpha value is -1.91. The fraction of sp³-hybridized carbons (Fsp3) is 0.125. The summed E-state index contributed by atoms with van der Waals surface area (Å²) >= 11 is 7.35. The normalized spacial score (nSPS) is 12.3. The zero-order valence-electron chi connectivity index (χ0n) is 11.3. The summed E-state index contributed by atoms with van der Waals surface area (Å²) in [6.45, 7) is 1.54. The predicted molar refractivity (Wildman–Crippen MR) is 84.7 cm³/mol. The van der Waals surface area contributed by atoms with E-state index in [0.29, 0.717) is 10.6 Å². The summed E-state index contributed by atoms with van der Waals surface area (Å²) in [6.07, 6.45) is 2.11. The summed E-state index contributed by atoms with van der Waals surface area (Å²) in [6, 6.07) is 10.3. The van der Waals surface area contributed by atoms with E-state index < -0.39 is 12.1 Å². The van der Waals surface area contributed by atoms with Crippen molar-refractivity contribution in [1.29, 1.82) is 0 Å². The third-order valence-electron chi connectivity index (χ3n) is 2.70. The minimum atomic E-state index is -0.857. The Morgan fingerprint density at radius 2 is 2.10 bits per heavy atom. The van der Waals surface area contributed by atoms with Crippen LogP contribution in [0.3, 0.4) is 0 Å². The fourth-order valence-corrected chi connectivity index (χ4v) is 2.49. The Labute approximate surface area is 131 Å². The molecule has 1 unspecified atom stereocenters. The van der Waals surface area contributed by atoms with E-state index >= 15 is 0 Å². The molecule has 21 heavy (non-hydrogen) atoms. The molecular weight excluding hydrogens is 308 g/mol. The summed E-state index contributed by atoms with van der Waals surface area (Å²) < 4.78 is 5.09. The van der Waals surface area contributed by atoms with E-state index in [9.17, 15) is 9.59 Å². The number of rotatable bonds is 5. The van der Waals surface area contributed by atoms with Crippen LogP contribution in [0.5, 0.6) is 0 Å². The first kappa shape index (κ1) is 15.5. The van der Waals surface area contributed by atoms with E-state index in [1.807, 2.05) is 17.5 Å². The van der Waals surface area contributed by atoms with Crippen LogP contribution in [0, 0.1) is 0 Å². The number of hydrogen-bond donors (Lipinski definition) is 0. The maximum absolute atomic E-state index is 12.1. The molecule has 2 rings (SSSR count). The molecule has 0 saturated heterocycles. The molecule has 0 aliphatic carbocycles. The molecule has 5 heteroatoms. The zero-order chi connectivity index (χ0) is 15.2. The summed E-state index contributed by atoms with van der Waals surface area (Å²) in [5.74, 6) is -0.832. The highest BCUT2D eigenvalue weighted by Crippen LogP contribution is 2.14. The van der Waals surface area contributed by atoms with Gasteiger partial charge in [0.05, 0.1) is 0 Å². The predicted octanol–water partition coefficient (Wildman–Crippen LogP) is 4.23. The topological polar surface area (TPSA) is 43.4 Å². The molecular formula is C16H13ClO3S. The Morgan fingerprint density at radius 1 is 1.29 bits per heavy atom. The lowest BCUT2D eigenvalue weighted by molar-refractivity contribution is -0.140. The van der Waals surface area contributed by atoms with Gasteiger partial charge in [0, 0.05) is 21.5 Å². The molecule has 1 atom stereocenters. The minimum absolute atomic E-state index is 0.282. The fourth-order valence-electron chi connectivity index (χ4n) is 1.68. The highest BCUT2D eigenvalue weighted by atomic mass is 35.5. The van der Waals surface area contributed by atoms with Gasteiger partial charge < -0.3 is 4.74 Å². The number of ether oxygens (including phenoxy) is 1. The lowest BCUT2D eigenvalue weighted by Crippen LogP contribution is -2.23. The van der Waals surface area contributed by atoms with E-state index in [2.05, 4.69) is 0 Å². The van der Waals surface area contributed by atoms with Gasteiger partial charge in [-0.1, -0.05) is 29.8 Å². The second kappa shape index (κ2) is 7.20. The average molecular weight is 321 g/mol. The number of thiophene rings is 1. The second-order valence-electron chi connectivity index (χ2n) is 4.30. The molecule has 0 fully saturated rings. The lowest BCUT2D eigenvalue weighted by atomic mass is 10.1. The minimum Gasteiger partial charge on any atom is -0.451 e. The van der Waals surface area contributed by atoms with Crippen molar-refractivity contribution >= 4 is 40.8 Å². The SMILES string of the molecule is CC(OC(=O)/C=C/c1cccs1)C(=O)c1cccc(Cl)c1. The van der Waals surface area contributed by atoms with Crippen LogP contribution in [-0.2, 0) is 9.53 Å². The first-order valence-corrected chi connectivity index (χ1v) is 7.54. The molecule has 0 saturated carbocycles. The van der Waals surface area contributed by atoms with E-state index in [1.54, 1.807) is 37.3 Å². The monoisotopic (exact) mass is 320 g/mol. The van der Waals surface area contributed by atoms with Crippen LogP contribution in [0.25, 0.3) is 6.08 Å². The quantitative estimate of drug-likeness (QED) is 0.470. The molecule has 0 radical (unpaired) electrons. The van der Waals surface area contributed by atoms with Gasteiger partial charge in [0.25, 0.3) is 0 Å². The van der Waals surface area contributed by atoms with Crippen molar-refractivity contribution in [1.82, 2.24) is 0 Å². The summed E-state index contributed by atoms with van der Waals surface area (Å²) in [5, 5.41) is 2.38. The Kier molecular flexibility index (Phi) is 5.31. The molecule has 0 spiro atoms. The average Bonchev–Trinajstić information content (AvgIpc) is 2.97. The van der Waals surface area contributed by atoms with Gasteiger partial charge in [-0.3, -0.25) is 4.79 Å². The van der Waals surface area contributed by atoms with Gasteiger partial charge in [0.1, 0.15) is 0 Å². The smallest absolute Gasteiger partial charge is 0.331 e. The van der Waals surface area contributed by atoms with Crippen LogP contribution < -0.4 is 0 Å². The van der Waals surface area contributed by atoms with Crippen LogP contribution in [0.4, 0.5) is 0 Å². The lowest BCUT2D eigenvalue weighted by Gasteiger charge is -2.10. The van der Waals surface area contributed by atoms with E-state index in [0.717, 1.165) is 4.88 Å². The van der Waals surface area contributed by atoms with E-state index in [1.165, 1.54) is 17.4 Å². The van der Waals surface area contributed by atoms with Gasteiger partial charge >= 0.3 is 5.97 Å². The van der Waals surface area contributed by atoms with Crippen molar-refractivity contribution in [2.75, 3.05) is 0 Å². The van der Waals surface area contributed by atoms with Gasteiger partial charge in [0.2, 0.25) is 5.78 Å². The van der Waals surface area contributed by atoms with Crippen molar-refractivity contribution in [3.63, 3.8) is 0 Å². The summed E-state index contributed by atoms with van der Waals surface area (Å²) in [4.78, 5) is 24.7. The van der Waals surface area contributed by atoms with Crippen molar-refractivity contribution in [2.45, 2.75) is 13.0 Å². The van der Waals surface area contributed by atoms with Crippen LogP contribution >= 0.6 is 22.9 Å². The molecule has 0 aliphatic heterocycles. The number of benzene rings is 1. The second-order valence-corrected chi connectivity index (χ2v) is 5.72. The summed E-state index contributed by atoms with van der Waals surface area (Å²) in [5.41, 5.74) is 0.421. The van der Waals surface area contributed by atoms with Gasteiger partial charge in [-0.25, -0.2) is 4.79 Å². The highest BCUT2D eigenvalue weighted by molar-refractivity contribution is 7.10. The number of hydrogen-bond acceptors (Lipinski definition) is 4. The number of halogens is 1. The number of esters is 1. The first-order chi connectivity index (χ1) is 10.1. The molecule has 1 aromatic carbocycles. The Balaban J connectivity index is 1.96. The first-order valence-electron chi connectivity index (χ1n) is 6.28. The number of carbonyl (C=O) groups excluding carboxylic acids is 2. The van der Waals surface area contributed by atoms with Gasteiger partial charge in [-0.15, -0.1) is 11.3 Å². The molecule has 0 N–H and O–H groups in total. The standard InChI is InChI=1S/C16H13ClO3S/c1-11(16(19)12-4-2-5-13(17)10-12)20-15(18)8-7-14-6-3-9-21-14/h2-11H,1H3/b8-7+. The molecule has 3 nitrogen and oxygen atoms in total. The number of ketones is 1. The summed E-state index contributed by atoms with van der Waals surface area (Å²) in [7, 11) is 0.